The highest BCUT2D eigenvalue weighted by Crippen LogP contribution is 2.37. The number of imide groups is 1. The number of amides is 2. The van der Waals surface area contributed by atoms with Gasteiger partial charge in [0.15, 0.2) is 0 Å². The number of piperidine rings is 1. The molecule has 2 aliphatic rings. The zero-order valence-electron chi connectivity index (χ0n) is 11.0. The fourth-order valence-corrected chi connectivity index (χ4v) is 4.10. The lowest BCUT2D eigenvalue weighted by Gasteiger charge is -2.29. The van der Waals surface area contributed by atoms with Gasteiger partial charge in [0.2, 0.25) is 11.8 Å². The van der Waals surface area contributed by atoms with Crippen LogP contribution in [0.1, 0.15) is 25.3 Å². The van der Waals surface area contributed by atoms with Gasteiger partial charge in [0, 0.05) is 29.5 Å². The highest BCUT2D eigenvalue weighted by molar-refractivity contribution is 8.00. The van der Waals surface area contributed by atoms with Gasteiger partial charge in [0.25, 0.3) is 0 Å². The van der Waals surface area contributed by atoms with Gasteiger partial charge in [-0.05, 0) is 24.0 Å². The lowest BCUT2D eigenvalue weighted by atomic mass is 9.97. The quantitative estimate of drug-likeness (QED) is 0.778. The van der Waals surface area contributed by atoms with Gasteiger partial charge in [0.1, 0.15) is 0 Å². The summed E-state index contributed by atoms with van der Waals surface area (Å²) in [5.41, 5.74) is 1.34. The number of carbonyl (C=O) groups is 2. The Morgan fingerprint density at radius 2 is 1.84 bits per heavy atom. The molecule has 1 aromatic rings. The lowest BCUT2D eigenvalue weighted by Crippen LogP contribution is -2.45. The summed E-state index contributed by atoms with van der Waals surface area (Å²) in [6.07, 6.45) is 1.97. The van der Waals surface area contributed by atoms with Gasteiger partial charge in [-0.1, -0.05) is 25.1 Å². The molecule has 1 saturated heterocycles. The first-order valence-electron chi connectivity index (χ1n) is 6.71. The van der Waals surface area contributed by atoms with E-state index in [4.69, 9.17) is 0 Å². The molecule has 1 unspecified atom stereocenters. The first-order valence-corrected chi connectivity index (χ1v) is 7.59. The van der Waals surface area contributed by atoms with Crippen LogP contribution in [0, 0.1) is 5.92 Å². The van der Waals surface area contributed by atoms with Crippen molar-refractivity contribution < 1.29 is 9.59 Å². The number of carbonyl (C=O) groups excluding carboxylic acids is 2. The highest BCUT2D eigenvalue weighted by Gasteiger charge is 2.33. The minimum Gasteiger partial charge on any atom is -0.281 e. The molecule has 0 aliphatic carbocycles. The minimum absolute atomic E-state index is 0.000283. The predicted molar refractivity (Wildman–Crippen MR) is 74.9 cm³/mol. The lowest BCUT2D eigenvalue weighted by molar-refractivity contribution is -0.149. The van der Waals surface area contributed by atoms with Crippen molar-refractivity contribution in [1.29, 1.82) is 0 Å². The molecule has 0 saturated carbocycles. The third kappa shape index (κ3) is 2.54. The van der Waals surface area contributed by atoms with Crippen LogP contribution < -0.4 is 0 Å². The van der Waals surface area contributed by atoms with E-state index in [1.54, 1.807) is 11.8 Å². The maximum atomic E-state index is 12.0. The predicted octanol–water partition coefficient (Wildman–Crippen LogP) is 2.49. The van der Waals surface area contributed by atoms with Crippen LogP contribution in [0.3, 0.4) is 0 Å². The van der Waals surface area contributed by atoms with Crippen LogP contribution in [0.4, 0.5) is 0 Å². The Kier molecular flexibility index (Phi) is 3.35. The molecule has 3 rings (SSSR count). The molecule has 1 aromatic carbocycles. The first kappa shape index (κ1) is 12.7. The largest absolute Gasteiger partial charge is 0.281 e. The maximum absolute atomic E-state index is 12.0. The maximum Gasteiger partial charge on any atom is 0.229 e. The summed E-state index contributed by atoms with van der Waals surface area (Å²) in [5, 5.41) is 0.318. The van der Waals surface area contributed by atoms with Gasteiger partial charge < -0.3 is 0 Å². The third-order valence-electron chi connectivity index (χ3n) is 3.75. The number of thioether (sulfide) groups is 1. The number of hydrogen-bond donors (Lipinski definition) is 0. The molecule has 3 nitrogen and oxygen atoms in total. The Morgan fingerprint density at radius 1 is 1.16 bits per heavy atom. The smallest absolute Gasteiger partial charge is 0.229 e. The summed E-state index contributed by atoms with van der Waals surface area (Å²) in [6.45, 7) is 2.52. The molecule has 0 N–H and O–H groups in total. The number of fused-ring (bicyclic) bond motifs is 1. The monoisotopic (exact) mass is 275 g/mol. The van der Waals surface area contributed by atoms with E-state index in [1.807, 2.05) is 19.1 Å². The van der Waals surface area contributed by atoms with E-state index in [1.165, 1.54) is 15.4 Å². The van der Waals surface area contributed by atoms with Crippen LogP contribution in [0.5, 0.6) is 0 Å². The molecule has 0 spiro atoms. The van der Waals surface area contributed by atoms with Gasteiger partial charge in [-0.15, -0.1) is 11.8 Å². The van der Waals surface area contributed by atoms with Crippen LogP contribution in [-0.2, 0) is 16.0 Å². The average molecular weight is 275 g/mol. The average Bonchev–Trinajstić information content (AvgIpc) is 2.76. The molecule has 100 valence electrons. The number of nitrogens with zero attached hydrogens (tertiary/aromatic N) is 1. The second kappa shape index (κ2) is 5.00. The van der Waals surface area contributed by atoms with Gasteiger partial charge in [-0.25, -0.2) is 0 Å². The molecule has 19 heavy (non-hydrogen) atoms. The Labute approximate surface area is 117 Å². The zero-order valence-corrected chi connectivity index (χ0v) is 11.8. The number of benzene rings is 1. The number of likely N-dealkylation sites (tertiary alicyclic amines) is 1. The minimum atomic E-state index is 0.000283. The van der Waals surface area contributed by atoms with Crippen molar-refractivity contribution >= 4 is 23.6 Å². The topological polar surface area (TPSA) is 37.4 Å². The summed E-state index contributed by atoms with van der Waals surface area (Å²) < 4.78 is 0. The van der Waals surface area contributed by atoms with Gasteiger partial charge in [-0.3, -0.25) is 14.5 Å². The van der Waals surface area contributed by atoms with Crippen molar-refractivity contribution in [2.75, 3.05) is 6.54 Å². The molecule has 2 amide bonds. The van der Waals surface area contributed by atoms with E-state index in [-0.39, 0.29) is 17.7 Å². The van der Waals surface area contributed by atoms with E-state index < -0.39 is 0 Å². The molecular weight excluding hydrogens is 258 g/mol. The molecule has 0 radical (unpaired) electrons. The van der Waals surface area contributed by atoms with Crippen molar-refractivity contribution in [2.45, 2.75) is 36.3 Å². The van der Waals surface area contributed by atoms with Crippen LogP contribution in [0.25, 0.3) is 0 Å². The van der Waals surface area contributed by atoms with E-state index in [0.717, 1.165) is 6.42 Å². The van der Waals surface area contributed by atoms with Crippen molar-refractivity contribution in [3.8, 4) is 0 Å². The Hall–Kier alpha value is -1.29. The van der Waals surface area contributed by atoms with Gasteiger partial charge in [0.05, 0.1) is 0 Å². The van der Waals surface area contributed by atoms with Crippen molar-refractivity contribution in [3.63, 3.8) is 0 Å². The van der Waals surface area contributed by atoms with Crippen molar-refractivity contribution in [1.82, 2.24) is 4.90 Å². The molecular formula is C15H17NO2S. The van der Waals surface area contributed by atoms with E-state index in [0.29, 0.717) is 24.6 Å². The summed E-state index contributed by atoms with van der Waals surface area (Å²) in [7, 11) is 0. The Balaban J connectivity index is 1.67. The summed E-state index contributed by atoms with van der Waals surface area (Å²) in [4.78, 5) is 26.7. The zero-order chi connectivity index (χ0) is 13.4. The molecule has 0 aromatic heterocycles. The normalized spacial score (nSPS) is 23.8. The molecule has 4 heteroatoms. The van der Waals surface area contributed by atoms with Gasteiger partial charge >= 0.3 is 0 Å². The Bertz CT molecular complexity index is 486. The van der Waals surface area contributed by atoms with Crippen molar-refractivity contribution in [2.24, 2.45) is 5.92 Å². The third-order valence-corrected chi connectivity index (χ3v) is 5.05. The van der Waals surface area contributed by atoms with Crippen LogP contribution in [0.2, 0.25) is 0 Å². The molecule has 2 heterocycles. The van der Waals surface area contributed by atoms with Crippen LogP contribution in [-0.4, -0.2) is 28.5 Å². The number of rotatable bonds is 2. The fourth-order valence-electron chi connectivity index (χ4n) is 2.79. The van der Waals surface area contributed by atoms with Crippen molar-refractivity contribution in [3.05, 3.63) is 29.8 Å². The summed E-state index contributed by atoms with van der Waals surface area (Å²) in [6, 6.07) is 8.32. The van der Waals surface area contributed by atoms with Gasteiger partial charge in [-0.2, -0.15) is 0 Å². The second-order valence-corrected chi connectivity index (χ2v) is 6.81. The SMILES string of the molecule is CC1CC(=O)N(CC2Cc3ccccc3S2)C(=O)C1. The second-order valence-electron chi connectivity index (χ2n) is 5.46. The van der Waals surface area contributed by atoms with E-state index >= 15 is 0 Å². The first-order chi connectivity index (χ1) is 9.13. The molecule has 1 atom stereocenters. The molecule has 1 fully saturated rings. The summed E-state index contributed by atoms with van der Waals surface area (Å²) in [5.74, 6) is 0.199. The van der Waals surface area contributed by atoms with E-state index in [9.17, 15) is 9.59 Å². The highest BCUT2D eigenvalue weighted by atomic mass is 32.2. The van der Waals surface area contributed by atoms with Crippen LogP contribution in [0.15, 0.2) is 29.2 Å². The van der Waals surface area contributed by atoms with E-state index in [2.05, 4.69) is 12.1 Å². The summed E-state index contributed by atoms with van der Waals surface area (Å²) >= 11 is 1.79. The molecule has 0 bridgehead atoms. The fraction of sp³-hybridized carbons (Fsp3) is 0.467. The van der Waals surface area contributed by atoms with Crippen LogP contribution >= 0.6 is 11.8 Å². The number of hydrogen-bond acceptors (Lipinski definition) is 3. The standard InChI is InChI=1S/C15H17NO2S/c1-10-6-14(17)16(15(18)7-10)9-12-8-11-4-2-3-5-13(11)19-12/h2-5,10,12H,6-9H2,1H3. The molecule has 2 aliphatic heterocycles. The Morgan fingerprint density at radius 3 is 2.53 bits per heavy atom.